The van der Waals surface area contributed by atoms with Crippen LogP contribution in [0.2, 0.25) is 0 Å². The molecule has 0 unspecified atom stereocenters. The molecular formula is C19H22F2O. The van der Waals surface area contributed by atoms with E-state index < -0.39 is 11.7 Å². The van der Waals surface area contributed by atoms with Crippen molar-refractivity contribution >= 4 is 11.9 Å². The molecule has 1 nitrogen and oxygen atoms in total. The summed E-state index contributed by atoms with van der Waals surface area (Å²) in [4.78, 5) is 11.3. The minimum absolute atomic E-state index is 0.150. The molecule has 1 saturated carbocycles. The number of hydrogen-bond acceptors (Lipinski definition) is 1. The summed E-state index contributed by atoms with van der Waals surface area (Å²) >= 11 is 0. The monoisotopic (exact) mass is 304 g/mol. The highest BCUT2D eigenvalue weighted by atomic mass is 19.3. The van der Waals surface area contributed by atoms with Crippen LogP contribution in [0.15, 0.2) is 24.3 Å². The average Bonchev–Trinajstić information content (AvgIpc) is 2.52. The molecule has 1 aromatic rings. The van der Waals surface area contributed by atoms with Gasteiger partial charge < -0.3 is 0 Å². The Hall–Kier alpha value is -1.51. The first kappa shape index (κ1) is 15.4. The van der Waals surface area contributed by atoms with Gasteiger partial charge >= 0.3 is 5.92 Å². The van der Waals surface area contributed by atoms with Crippen LogP contribution in [0.3, 0.4) is 0 Å². The van der Waals surface area contributed by atoms with E-state index in [0.717, 1.165) is 30.4 Å². The normalized spacial score (nSPS) is 26.8. The van der Waals surface area contributed by atoms with Gasteiger partial charge in [0.05, 0.1) is 0 Å². The minimum atomic E-state index is -3.37. The fourth-order valence-electron chi connectivity index (χ4n) is 3.85. The van der Waals surface area contributed by atoms with E-state index in [2.05, 4.69) is 6.92 Å². The maximum absolute atomic E-state index is 13.9. The van der Waals surface area contributed by atoms with Gasteiger partial charge in [0.1, 0.15) is 0 Å². The number of rotatable bonds is 3. The molecule has 0 amide bonds. The van der Waals surface area contributed by atoms with E-state index in [-0.39, 0.29) is 5.56 Å². The van der Waals surface area contributed by atoms with Crippen LogP contribution < -0.4 is 0 Å². The number of carbonyl (C=O) groups is 1. The summed E-state index contributed by atoms with van der Waals surface area (Å²) in [6.07, 6.45) is 9.83. The Kier molecular flexibility index (Phi) is 4.16. The highest BCUT2D eigenvalue weighted by Gasteiger charge is 2.42. The van der Waals surface area contributed by atoms with Crippen LogP contribution in [0.25, 0.3) is 6.08 Å². The van der Waals surface area contributed by atoms with Gasteiger partial charge in [-0.2, -0.15) is 8.78 Å². The lowest BCUT2D eigenvalue weighted by Gasteiger charge is -2.29. The van der Waals surface area contributed by atoms with E-state index >= 15 is 0 Å². The molecule has 0 N–H and O–H groups in total. The third-order valence-electron chi connectivity index (χ3n) is 5.15. The number of hydrogen-bond donors (Lipinski definition) is 0. The Morgan fingerprint density at radius 2 is 1.86 bits per heavy atom. The van der Waals surface area contributed by atoms with Crippen LogP contribution in [0, 0.1) is 5.92 Å². The fraction of sp³-hybridized carbons (Fsp3) is 0.526. The smallest absolute Gasteiger partial charge is 0.288 e. The number of allylic oxidation sites excluding steroid dienone is 1. The lowest BCUT2D eigenvalue weighted by Crippen LogP contribution is -2.27. The Morgan fingerprint density at radius 1 is 1.14 bits per heavy atom. The maximum Gasteiger partial charge on any atom is 0.334 e. The van der Waals surface area contributed by atoms with Crippen LogP contribution in [0.4, 0.5) is 8.78 Å². The molecule has 2 aliphatic carbocycles. The molecule has 2 aliphatic rings. The molecular weight excluding hydrogens is 282 g/mol. The summed E-state index contributed by atoms with van der Waals surface area (Å²) in [5.74, 6) is -3.19. The molecule has 3 rings (SSSR count). The zero-order valence-electron chi connectivity index (χ0n) is 12.9. The Labute approximate surface area is 130 Å². The maximum atomic E-state index is 13.9. The van der Waals surface area contributed by atoms with Gasteiger partial charge in [0, 0.05) is 5.56 Å². The highest BCUT2D eigenvalue weighted by Crippen LogP contribution is 2.41. The summed E-state index contributed by atoms with van der Waals surface area (Å²) in [5, 5.41) is 0. The van der Waals surface area contributed by atoms with Crippen molar-refractivity contribution in [1.82, 2.24) is 0 Å². The van der Waals surface area contributed by atoms with Gasteiger partial charge in [0.2, 0.25) is 5.78 Å². The summed E-state index contributed by atoms with van der Waals surface area (Å²) in [6.45, 7) is 2.23. The van der Waals surface area contributed by atoms with Crippen molar-refractivity contribution in [2.75, 3.05) is 0 Å². The van der Waals surface area contributed by atoms with E-state index in [9.17, 15) is 13.6 Å². The number of alkyl halides is 2. The summed E-state index contributed by atoms with van der Waals surface area (Å²) in [7, 11) is 0. The van der Waals surface area contributed by atoms with Crippen molar-refractivity contribution < 1.29 is 13.6 Å². The second kappa shape index (κ2) is 5.94. The molecule has 118 valence electrons. The van der Waals surface area contributed by atoms with Crippen molar-refractivity contribution in [2.24, 2.45) is 5.92 Å². The average molecular weight is 304 g/mol. The number of benzene rings is 1. The van der Waals surface area contributed by atoms with Crippen molar-refractivity contribution in [2.45, 2.75) is 57.3 Å². The summed E-state index contributed by atoms with van der Waals surface area (Å²) in [5.41, 5.74) is 1.49. The van der Waals surface area contributed by atoms with Gasteiger partial charge in [-0.25, -0.2) is 0 Å². The van der Waals surface area contributed by atoms with Crippen molar-refractivity contribution in [3.63, 3.8) is 0 Å². The van der Waals surface area contributed by atoms with Gasteiger partial charge in [-0.05, 0) is 54.7 Å². The zero-order chi connectivity index (χ0) is 15.7. The second-order valence-electron chi connectivity index (χ2n) is 6.62. The first-order valence-corrected chi connectivity index (χ1v) is 8.27. The third kappa shape index (κ3) is 2.73. The van der Waals surface area contributed by atoms with Crippen LogP contribution in [0.1, 0.15) is 68.1 Å². The van der Waals surface area contributed by atoms with Crippen molar-refractivity contribution in [3.8, 4) is 0 Å². The predicted octanol–water partition coefficient (Wildman–Crippen LogP) is 5.45. The predicted molar refractivity (Wildman–Crippen MR) is 84.0 cm³/mol. The molecule has 22 heavy (non-hydrogen) atoms. The molecule has 0 aliphatic heterocycles. The fourth-order valence-corrected chi connectivity index (χ4v) is 3.85. The lowest BCUT2D eigenvalue weighted by molar-refractivity contribution is -0.139. The molecule has 0 atom stereocenters. The molecule has 1 fully saturated rings. The standard InChI is InChI=1S/C19H22F2O/c1-2-3-13-4-6-14(7-5-13)15-8-10-17-16(12-15)9-11-18(22)19(17,20)21/h8-14H,2-7H2,1H3/t13-,14-. The molecule has 0 spiro atoms. The Bertz CT molecular complexity index is 595. The third-order valence-corrected chi connectivity index (χ3v) is 5.15. The number of halogens is 2. The van der Waals surface area contributed by atoms with Gasteiger partial charge in [-0.15, -0.1) is 0 Å². The highest BCUT2D eigenvalue weighted by molar-refractivity contribution is 6.02. The van der Waals surface area contributed by atoms with E-state index in [4.69, 9.17) is 0 Å². The largest absolute Gasteiger partial charge is 0.334 e. The van der Waals surface area contributed by atoms with Crippen molar-refractivity contribution in [1.29, 1.82) is 0 Å². The van der Waals surface area contributed by atoms with Gasteiger partial charge in [0.25, 0.3) is 0 Å². The van der Waals surface area contributed by atoms with E-state index in [1.807, 2.05) is 6.07 Å². The second-order valence-corrected chi connectivity index (χ2v) is 6.62. The molecule has 3 heteroatoms. The van der Waals surface area contributed by atoms with Crippen LogP contribution in [0.5, 0.6) is 0 Å². The summed E-state index contributed by atoms with van der Waals surface area (Å²) < 4.78 is 27.8. The van der Waals surface area contributed by atoms with Crippen molar-refractivity contribution in [3.05, 3.63) is 41.0 Å². The van der Waals surface area contributed by atoms with Crippen LogP contribution >= 0.6 is 0 Å². The molecule has 0 heterocycles. The Morgan fingerprint density at radius 3 is 2.55 bits per heavy atom. The first-order valence-electron chi connectivity index (χ1n) is 8.27. The van der Waals surface area contributed by atoms with Crippen LogP contribution in [-0.2, 0) is 10.7 Å². The van der Waals surface area contributed by atoms with Crippen LogP contribution in [-0.4, -0.2) is 5.78 Å². The number of fused-ring (bicyclic) bond motifs is 1. The topological polar surface area (TPSA) is 17.1 Å². The molecule has 0 saturated heterocycles. The van der Waals surface area contributed by atoms with Gasteiger partial charge in [0.15, 0.2) is 0 Å². The molecule has 0 radical (unpaired) electrons. The van der Waals surface area contributed by atoms with E-state index in [1.54, 1.807) is 6.07 Å². The molecule has 0 bridgehead atoms. The number of ketones is 1. The molecule has 0 aromatic heterocycles. The minimum Gasteiger partial charge on any atom is -0.288 e. The lowest BCUT2D eigenvalue weighted by atomic mass is 9.76. The molecule has 1 aromatic carbocycles. The quantitative estimate of drug-likeness (QED) is 0.726. The van der Waals surface area contributed by atoms with E-state index in [1.165, 1.54) is 37.8 Å². The Balaban J connectivity index is 1.79. The van der Waals surface area contributed by atoms with Gasteiger partial charge in [-0.3, -0.25) is 4.79 Å². The number of carbonyl (C=O) groups excluding carboxylic acids is 1. The van der Waals surface area contributed by atoms with E-state index in [0.29, 0.717) is 11.5 Å². The van der Waals surface area contributed by atoms with Gasteiger partial charge in [-0.1, -0.05) is 44.0 Å². The first-order chi connectivity index (χ1) is 10.5. The SMILES string of the molecule is CCC[C@H]1CC[C@H](c2ccc3c(c2)C=CC(=O)C3(F)F)CC1. The zero-order valence-corrected chi connectivity index (χ0v) is 12.9. The summed E-state index contributed by atoms with van der Waals surface area (Å²) in [6, 6.07) is 5.10.